The quantitative estimate of drug-likeness (QED) is 0.346. The van der Waals surface area contributed by atoms with E-state index < -0.39 is 34.4 Å². The van der Waals surface area contributed by atoms with Crippen molar-refractivity contribution < 1.29 is 37.1 Å². The van der Waals surface area contributed by atoms with Crippen LogP contribution in [-0.2, 0) is 30.7 Å². The lowest BCUT2D eigenvalue weighted by Crippen LogP contribution is -2.51. The molecule has 41 heavy (non-hydrogen) atoms. The van der Waals surface area contributed by atoms with Crippen LogP contribution in [0.25, 0.3) is 11.0 Å². The molecule has 0 radical (unpaired) electrons. The summed E-state index contributed by atoms with van der Waals surface area (Å²) >= 11 is 0. The van der Waals surface area contributed by atoms with Gasteiger partial charge in [0.1, 0.15) is 6.10 Å². The number of amides is 1. The first-order chi connectivity index (χ1) is 19.6. The molecule has 2 aromatic carbocycles. The number of fused-ring (bicyclic) bond motifs is 2. The Bertz CT molecular complexity index is 1440. The molecule has 12 heteroatoms. The first-order valence-electron chi connectivity index (χ1n) is 13.9. The summed E-state index contributed by atoms with van der Waals surface area (Å²) in [6, 6.07) is 13.2. The van der Waals surface area contributed by atoms with Crippen molar-refractivity contribution in [3.8, 4) is 0 Å². The molecule has 222 valence electrons. The molecule has 1 unspecified atom stereocenters. The Kier molecular flexibility index (Phi) is 8.95. The molecule has 0 aliphatic carbocycles. The Morgan fingerprint density at radius 2 is 1.95 bits per heavy atom. The first-order valence-corrected chi connectivity index (χ1v) is 15.3. The number of nitrogens with zero attached hydrogens (tertiary/aromatic N) is 2. The minimum absolute atomic E-state index is 0.0209. The average molecular weight is 588 g/mol. The monoisotopic (exact) mass is 587 g/mol. The molecule has 0 spiro atoms. The van der Waals surface area contributed by atoms with Crippen LogP contribution in [0, 0.1) is 18.8 Å². The molecule has 3 heterocycles. The fourth-order valence-corrected chi connectivity index (χ4v) is 7.03. The van der Waals surface area contributed by atoms with Gasteiger partial charge in [0.05, 0.1) is 41.9 Å². The number of aliphatic hydroxyl groups excluding tert-OH is 1. The average Bonchev–Trinajstić information content (AvgIpc) is 3.66. The third kappa shape index (κ3) is 6.73. The molecule has 5 rings (SSSR count). The number of nitrogens with one attached hydrogen (secondary N) is 1. The van der Waals surface area contributed by atoms with Crippen molar-refractivity contribution in [3.05, 3.63) is 59.8 Å². The number of benzene rings is 2. The molecule has 2 N–H and O–H groups in total. The topological polar surface area (TPSA) is 140 Å². The molecule has 2 aliphatic rings. The van der Waals surface area contributed by atoms with Gasteiger partial charge in [-0.3, -0.25) is 0 Å². The van der Waals surface area contributed by atoms with E-state index in [1.54, 1.807) is 13.0 Å². The van der Waals surface area contributed by atoms with Gasteiger partial charge in [0.25, 0.3) is 0 Å². The van der Waals surface area contributed by atoms with E-state index in [0.29, 0.717) is 23.3 Å². The van der Waals surface area contributed by atoms with E-state index in [-0.39, 0.29) is 49.1 Å². The van der Waals surface area contributed by atoms with Crippen molar-refractivity contribution in [2.75, 3.05) is 26.3 Å². The number of hydrogen-bond acceptors (Lipinski definition) is 9. The highest BCUT2D eigenvalue weighted by molar-refractivity contribution is 7.89. The zero-order chi connectivity index (χ0) is 29.1. The highest BCUT2D eigenvalue weighted by atomic mass is 32.2. The Hall–Kier alpha value is -3.03. The molecule has 2 fully saturated rings. The van der Waals surface area contributed by atoms with Crippen LogP contribution < -0.4 is 5.32 Å². The minimum atomic E-state index is -4.01. The summed E-state index contributed by atoms with van der Waals surface area (Å²) in [5.41, 5.74) is 1.95. The van der Waals surface area contributed by atoms with E-state index in [1.807, 2.05) is 44.2 Å². The van der Waals surface area contributed by atoms with Gasteiger partial charge in [0, 0.05) is 18.5 Å². The fraction of sp³-hybridized carbons (Fsp3) is 0.517. The summed E-state index contributed by atoms with van der Waals surface area (Å²) in [5.74, 6) is -0.0520. The van der Waals surface area contributed by atoms with E-state index in [1.165, 1.54) is 16.4 Å². The fourth-order valence-electron chi connectivity index (χ4n) is 5.38. The van der Waals surface area contributed by atoms with Gasteiger partial charge >= 0.3 is 6.09 Å². The SMILES string of the molecule is Cc1noc2ccc(S(=O)(=O)N(CC(C)C)C[C@@H](O)[C@H](Cc3ccccc3)NC(=O)OC3CO[C@H]4OCC[C@@H]34)cc12. The number of carbonyl (C=O) groups excluding carboxylic acids is 1. The van der Waals surface area contributed by atoms with Crippen molar-refractivity contribution in [1.29, 1.82) is 0 Å². The Morgan fingerprint density at radius 3 is 2.71 bits per heavy atom. The van der Waals surface area contributed by atoms with Gasteiger partial charge in [-0.25, -0.2) is 13.2 Å². The number of aromatic nitrogens is 1. The van der Waals surface area contributed by atoms with Crippen LogP contribution in [0.15, 0.2) is 57.9 Å². The number of aryl methyl sites for hydroxylation is 1. The predicted octanol–water partition coefficient (Wildman–Crippen LogP) is 3.24. The lowest BCUT2D eigenvalue weighted by molar-refractivity contribution is -0.0907. The second kappa shape index (κ2) is 12.5. The summed E-state index contributed by atoms with van der Waals surface area (Å²) in [6.45, 7) is 6.29. The number of carbonyl (C=O) groups is 1. The van der Waals surface area contributed by atoms with Gasteiger partial charge in [0.2, 0.25) is 10.0 Å². The van der Waals surface area contributed by atoms with Crippen molar-refractivity contribution in [2.45, 2.75) is 63.0 Å². The van der Waals surface area contributed by atoms with E-state index in [2.05, 4.69) is 10.5 Å². The number of alkyl carbamates (subject to hydrolysis) is 1. The molecule has 1 amide bonds. The maximum atomic E-state index is 13.8. The Morgan fingerprint density at radius 1 is 1.17 bits per heavy atom. The van der Waals surface area contributed by atoms with Crippen LogP contribution in [0.3, 0.4) is 0 Å². The first kappa shape index (κ1) is 29.5. The van der Waals surface area contributed by atoms with Gasteiger partial charge in [-0.2, -0.15) is 4.31 Å². The molecule has 11 nitrogen and oxygen atoms in total. The normalized spacial score (nSPS) is 22.2. The summed E-state index contributed by atoms with van der Waals surface area (Å²) in [4.78, 5) is 13.1. The smallest absolute Gasteiger partial charge is 0.407 e. The second-order valence-electron chi connectivity index (χ2n) is 11.1. The van der Waals surface area contributed by atoms with Crippen LogP contribution in [-0.4, -0.2) is 79.9 Å². The largest absolute Gasteiger partial charge is 0.443 e. The van der Waals surface area contributed by atoms with Crippen molar-refractivity contribution in [3.63, 3.8) is 0 Å². The maximum absolute atomic E-state index is 13.8. The minimum Gasteiger partial charge on any atom is -0.443 e. The van der Waals surface area contributed by atoms with Crippen LogP contribution in [0.5, 0.6) is 0 Å². The van der Waals surface area contributed by atoms with Crippen molar-refractivity contribution in [2.24, 2.45) is 11.8 Å². The molecule has 0 bridgehead atoms. The molecule has 3 aromatic rings. The van der Waals surface area contributed by atoms with Crippen LogP contribution in [0.1, 0.15) is 31.5 Å². The molecule has 2 aliphatic heterocycles. The number of ether oxygens (including phenoxy) is 3. The maximum Gasteiger partial charge on any atom is 0.407 e. The lowest BCUT2D eigenvalue weighted by atomic mass is 10.0. The number of rotatable bonds is 11. The molecular formula is C29H37N3O8S. The highest BCUT2D eigenvalue weighted by Gasteiger charge is 2.44. The zero-order valence-corrected chi connectivity index (χ0v) is 24.2. The molecule has 5 atom stereocenters. The zero-order valence-electron chi connectivity index (χ0n) is 23.4. The van der Waals surface area contributed by atoms with Gasteiger partial charge in [-0.15, -0.1) is 0 Å². The van der Waals surface area contributed by atoms with Gasteiger partial charge in [-0.1, -0.05) is 49.3 Å². The summed E-state index contributed by atoms with van der Waals surface area (Å²) < 4.78 is 51.0. The van der Waals surface area contributed by atoms with E-state index in [9.17, 15) is 18.3 Å². The van der Waals surface area contributed by atoms with Gasteiger partial charge in [0.15, 0.2) is 11.9 Å². The summed E-state index contributed by atoms with van der Waals surface area (Å²) in [5, 5.41) is 18.8. The second-order valence-corrected chi connectivity index (χ2v) is 13.1. The van der Waals surface area contributed by atoms with Crippen molar-refractivity contribution in [1.82, 2.24) is 14.8 Å². The standard InChI is InChI=1S/C29H37N3O8S/c1-18(2)15-32(41(35,36)21-9-10-26-23(14-21)19(3)31-40-26)16-25(33)24(13-20-7-5-4-6-8-20)30-29(34)39-27-17-38-28-22(27)11-12-37-28/h4-10,14,18,22,24-25,27-28,33H,11-13,15-17H2,1-3H3,(H,30,34)/t22-,24-,25+,27?,28+/m0/s1. The van der Waals surface area contributed by atoms with Gasteiger partial charge in [-0.05, 0) is 49.4 Å². The third-order valence-electron chi connectivity index (χ3n) is 7.53. The van der Waals surface area contributed by atoms with Gasteiger partial charge < -0.3 is 29.2 Å². The number of sulfonamides is 1. The Labute approximate surface area is 239 Å². The number of hydrogen-bond donors (Lipinski definition) is 2. The molecule has 0 saturated carbocycles. The van der Waals surface area contributed by atoms with E-state index >= 15 is 0 Å². The molecule has 1 aromatic heterocycles. The molecular weight excluding hydrogens is 550 g/mol. The predicted molar refractivity (Wildman–Crippen MR) is 149 cm³/mol. The summed E-state index contributed by atoms with van der Waals surface area (Å²) in [6.07, 6.45) is -1.74. The Balaban J connectivity index is 1.35. The lowest BCUT2D eigenvalue weighted by Gasteiger charge is -2.31. The van der Waals surface area contributed by atoms with E-state index in [4.69, 9.17) is 18.7 Å². The van der Waals surface area contributed by atoms with Crippen molar-refractivity contribution >= 4 is 27.1 Å². The third-order valence-corrected chi connectivity index (χ3v) is 9.36. The molecule has 2 saturated heterocycles. The van der Waals surface area contributed by atoms with Crippen LogP contribution in [0.2, 0.25) is 0 Å². The van der Waals surface area contributed by atoms with E-state index in [0.717, 1.165) is 12.0 Å². The highest BCUT2D eigenvalue weighted by Crippen LogP contribution is 2.33. The number of aliphatic hydroxyl groups is 1. The summed E-state index contributed by atoms with van der Waals surface area (Å²) in [7, 11) is -4.01. The van der Waals surface area contributed by atoms with Crippen LogP contribution in [0.4, 0.5) is 4.79 Å². The van der Waals surface area contributed by atoms with Crippen LogP contribution >= 0.6 is 0 Å².